The Morgan fingerprint density at radius 1 is 0.939 bits per heavy atom. The molecule has 33 heavy (non-hydrogen) atoms. The van der Waals surface area contributed by atoms with Gasteiger partial charge in [0.15, 0.2) is 0 Å². The Hall–Kier alpha value is -3.67. The molecule has 2 rings (SSSR count). The van der Waals surface area contributed by atoms with Gasteiger partial charge in [-0.15, -0.1) is 0 Å². The minimum Gasteiger partial charge on any atom is -0.478 e. The van der Waals surface area contributed by atoms with Crippen LogP contribution in [-0.4, -0.2) is 36.7 Å². The van der Waals surface area contributed by atoms with Crippen molar-refractivity contribution in [3.8, 4) is 11.1 Å². The monoisotopic (exact) mass is 450 g/mol. The van der Waals surface area contributed by atoms with Crippen LogP contribution in [0.15, 0.2) is 72.3 Å². The number of ether oxygens (including phenoxy) is 2. The van der Waals surface area contributed by atoms with Gasteiger partial charge in [0, 0.05) is 6.08 Å². The summed E-state index contributed by atoms with van der Waals surface area (Å²) in [7, 11) is 1.17. The highest BCUT2D eigenvalue weighted by Crippen LogP contribution is 2.21. The first kappa shape index (κ1) is 25.6. The number of aryl methyl sites for hydroxylation is 1. The molecule has 2 aromatic carbocycles. The number of esters is 2. The van der Waals surface area contributed by atoms with Crippen molar-refractivity contribution in [1.82, 2.24) is 0 Å². The first-order valence-corrected chi connectivity index (χ1v) is 11.0. The average Bonchev–Trinajstić information content (AvgIpc) is 2.83. The smallest absolute Gasteiger partial charge is 0.338 e. The van der Waals surface area contributed by atoms with Crippen LogP contribution in [0.3, 0.4) is 0 Å². The molecule has 0 bridgehead atoms. The van der Waals surface area contributed by atoms with Crippen LogP contribution in [0.5, 0.6) is 0 Å². The van der Waals surface area contributed by atoms with Crippen molar-refractivity contribution in [3.05, 3.63) is 83.5 Å². The zero-order valence-corrected chi connectivity index (χ0v) is 19.1. The summed E-state index contributed by atoms with van der Waals surface area (Å²) in [6.45, 7) is 2.28. The molecule has 0 fully saturated rings. The fourth-order valence-corrected chi connectivity index (χ4v) is 3.12. The molecule has 0 spiro atoms. The first-order chi connectivity index (χ1) is 15.9. The number of carboxylic acid groups (broad SMARTS) is 1. The van der Waals surface area contributed by atoms with E-state index in [1.54, 1.807) is 12.1 Å². The maximum absolute atomic E-state index is 12.2. The molecule has 2 aromatic rings. The predicted octanol–water partition coefficient (Wildman–Crippen LogP) is 5.37. The minimum atomic E-state index is -1.25. The number of hydrogen-bond acceptors (Lipinski definition) is 5. The van der Waals surface area contributed by atoms with Crippen LogP contribution in [0.25, 0.3) is 11.1 Å². The third-order valence-electron chi connectivity index (χ3n) is 5.01. The molecule has 0 saturated heterocycles. The Balaban J connectivity index is 1.86. The summed E-state index contributed by atoms with van der Waals surface area (Å²) in [6.07, 6.45) is 8.73. The number of benzene rings is 2. The van der Waals surface area contributed by atoms with Gasteiger partial charge in [-0.3, -0.25) is 0 Å². The van der Waals surface area contributed by atoms with E-state index in [1.165, 1.54) is 44.1 Å². The van der Waals surface area contributed by atoms with Gasteiger partial charge in [0.25, 0.3) is 0 Å². The molecule has 6 heteroatoms. The normalized spacial score (nSPS) is 11.4. The van der Waals surface area contributed by atoms with E-state index in [9.17, 15) is 14.4 Å². The lowest BCUT2D eigenvalue weighted by atomic mass is 10.0. The van der Waals surface area contributed by atoms with Gasteiger partial charge in [-0.2, -0.15) is 0 Å². The predicted molar refractivity (Wildman–Crippen MR) is 127 cm³/mol. The summed E-state index contributed by atoms with van der Waals surface area (Å²) in [5.74, 6) is -2.46. The molecule has 0 aliphatic heterocycles. The number of rotatable bonds is 12. The fraction of sp³-hybridized carbons (Fsp3) is 0.296. The maximum Gasteiger partial charge on any atom is 0.338 e. The number of carbonyl (C=O) groups is 3. The van der Waals surface area contributed by atoms with E-state index in [1.807, 2.05) is 12.1 Å². The lowest BCUT2D eigenvalue weighted by Gasteiger charge is -2.07. The summed E-state index contributed by atoms with van der Waals surface area (Å²) >= 11 is 0. The van der Waals surface area contributed by atoms with Crippen LogP contribution in [0, 0.1) is 0 Å². The zero-order chi connectivity index (χ0) is 24.1. The second kappa shape index (κ2) is 13.7. The SMILES string of the molecule is CCCCCc1ccc(-c2ccc(C(=O)OCC/C=C/C(=C/C(=O)OC)C(=O)O)cc2)cc1. The van der Waals surface area contributed by atoms with E-state index < -0.39 is 17.9 Å². The largest absolute Gasteiger partial charge is 0.478 e. The number of unbranched alkanes of at least 4 members (excludes halogenated alkanes) is 2. The second-order valence-electron chi connectivity index (χ2n) is 7.49. The Morgan fingerprint density at radius 2 is 1.58 bits per heavy atom. The van der Waals surface area contributed by atoms with E-state index in [0.29, 0.717) is 12.0 Å². The molecule has 6 nitrogen and oxygen atoms in total. The van der Waals surface area contributed by atoms with Crippen molar-refractivity contribution >= 4 is 17.9 Å². The van der Waals surface area contributed by atoms with Crippen molar-refractivity contribution in [2.24, 2.45) is 0 Å². The van der Waals surface area contributed by atoms with E-state index in [2.05, 4.69) is 35.9 Å². The number of methoxy groups -OCH3 is 1. The van der Waals surface area contributed by atoms with Crippen LogP contribution in [0.1, 0.15) is 48.5 Å². The molecular formula is C27H30O6. The van der Waals surface area contributed by atoms with E-state index in [0.717, 1.165) is 23.6 Å². The maximum atomic E-state index is 12.2. The quantitative estimate of drug-likeness (QED) is 0.202. The molecule has 0 aliphatic rings. The van der Waals surface area contributed by atoms with E-state index in [4.69, 9.17) is 9.84 Å². The molecule has 0 heterocycles. The van der Waals surface area contributed by atoms with Gasteiger partial charge < -0.3 is 14.6 Å². The summed E-state index contributed by atoms with van der Waals surface area (Å²) in [5, 5.41) is 9.06. The highest BCUT2D eigenvalue weighted by molar-refractivity contribution is 5.97. The van der Waals surface area contributed by atoms with Gasteiger partial charge in [-0.05, 0) is 48.1 Å². The van der Waals surface area contributed by atoms with Crippen LogP contribution >= 0.6 is 0 Å². The van der Waals surface area contributed by atoms with Crippen molar-refractivity contribution in [3.63, 3.8) is 0 Å². The van der Waals surface area contributed by atoms with Gasteiger partial charge in [0.2, 0.25) is 0 Å². The van der Waals surface area contributed by atoms with Crippen LogP contribution in [0.4, 0.5) is 0 Å². The van der Waals surface area contributed by atoms with Crippen LogP contribution < -0.4 is 0 Å². The summed E-state index contributed by atoms with van der Waals surface area (Å²) in [4.78, 5) is 34.5. The topological polar surface area (TPSA) is 89.9 Å². The molecule has 0 unspecified atom stereocenters. The Morgan fingerprint density at radius 3 is 2.15 bits per heavy atom. The lowest BCUT2D eigenvalue weighted by Crippen LogP contribution is -2.06. The molecule has 0 aliphatic carbocycles. The van der Waals surface area contributed by atoms with Crippen molar-refractivity contribution in [2.45, 2.75) is 39.0 Å². The summed E-state index contributed by atoms with van der Waals surface area (Å²) in [6, 6.07) is 15.7. The average molecular weight is 451 g/mol. The van der Waals surface area contributed by atoms with Gasteiger partial charge in [-0.25, -0.2) is 14.4 Å². The molecule has 0 amide bonds. The third kappa shape index (κ3) is 8.77. The van der Waals surface area contributed by atoms with Gasteiger partial charge >= 0.3 is 17.9 Å². The van der Waals surface area contributed by atoms with Crippen LogP contribution in [0.2, 0.25) is 0 Å². The summed E-state index contributed by atoms with van der Waals surface area (Å²) in [5.41, 5.74) is 3.67. The summed E-state index contributed by atoms with van der Waals surface area (Å²) < 4.78 is 9.65. The molecular weight excluding hydrogens is 420 g/mol. The van der Waals surface area contributed by atoms with Crippen molar-refractivity contribution < 1.29 is 29.0 Å². The number of aliphatic carboxylic acids is 1. The zero-order valence-electron chi connectivity index (χ0n) is 19.1. The van der Waals surface area contributed by atoms with Gasteiger partial charge in [-0.1, -0.05) is 68.3 Å². The van der Waals surface area contributed by atoms with Crippen LogP contribution in [-0.2, 0) is 25.5 Å². The highest BCUT2D eigenvalue weighted by Gasteiger charge is 2.08. The molecule has 1 N–H and O–H groups in total. The highest BCUT2D eigenvalue weighted by atomic mass is 16.5. The van der Waals surface area contributed by atoms with Crippen molar-refractivity contribution in [1.29, 1.82) is 0 Å². The van der Waals surface area contributed by atoms with Gasteiger partial charge in [0.1, 0.15) is 0 Å². The molecule has 0 aromatic heterocycles. The standard InChI is InChI=1S/C27H30O6/c1-3-4-5-8-20-10-12-21(13-11-20)22-14-16-23(17-15-22)27(31)33-18-7-6-9-24(26(29)30)19-25(28)32-2/h6,9-17,19H,3-5,7-8,18H2,1-2H3,(H,29,30)/b9-6+,24-19-. The second-order valence-corrected chi connectivity index (χ2v) is 7.49. The fourth-order valence-electron chi connectivity index (χ4n) is 3.12. The molecule has 174 valence electrons. The molecule has 0 atom stereocenters. The van der Waals surface area contributed by atoms with E-state index in [-0.39, 0.29) is 12.2 Å². The Labute approximate surface area is 194 Å². The van der Waals surface area contributed by atoms with Crippen molar-refractivity contribution in [2.75, 3.05) is 13.7 Å². The number of hydrogen-bond donors (Lipinski definition) is 1. The number of carbonyl (C=O) groups excluding carboxylic acids is 2. The first-order valence-electron chi connectivity index (χ1n) is 11.0. The molecule has 0 radical (unpaired) electrons. The molecule has 0 saturated carbocycles. The Kier molecular flexibility index (Phi) is 10.6. The van der Waals surface area contributed by atoms with Gasteiger partial charge in [0.05, 0.1) is 24.9 Å². The minimum absolute atomic E-state index is 0.0850. The Bertz CT molecular complexity index is 984. The third-order valence-corrected chi connectivity index (χ3v) is 5.01. The van der Waals surface area contributed by atoms with E-state index >= 15 is 0 Å². The lowest BCUT2D eigenvalue weighted by molar-refractivity contribution is -0.136. The number of carboxylic acids is 1.